The van der Waals surface area contributed by atoms with Crippen LogP contribution in [0.2, 0.25) is 5.02 Å². The smallest absolute Gasteiger partial charge is 0.263 e. The largest absolute Gasteiger partial charge is 0.451 e. The summed E-state index contributed by atoms with van der Waals surface area (Å²) >= 11 is 5.77. The average Bonchev–Trinajstić information content (AvgIpc) is 2.76. The number of carbonyl (C=O) groups excluding carboxylic acids is 1. The fourth-order valence-corrected chi connectivity index (χ4v) is 5.01. The molecule has 0 saturated carbocycles. The maximum atomic E-state index is 14.6. The van der Waals surface area contributed by atoms with E-state index >= 15 is 0 Å². The summed E-state index contributed by atoms with van der Waals surface area (Å²) < 4.78 is 61.5. The van der Waals surface area contributed by atoms with Crippen LogP contribution in [0.3, 0.4) is 0 Å². The van der Waals surface area contributed by atoms with Crippen LogP contribution in [0.1, 0.15) is 0 Å². The molecule has 0 unspecified atom stereocenters. The predicted molar refractivity (Wildman–Crippen MR) is 112 cm³/mol. The molecule has 0 bridgehead atoms. The highest BCUT2D eigenvalue weighted by Crippen LogP contribution is 2.32. The Kier molecular flexibility index (Phi) is 7.47. The van der Waals surface area contributed by atoms with Crippen molar-refractivity contribution in [3.8, 4) is 11.5 Å². The highest BCUT2D eigenvalue weighted by molar-refractivity contribution is 7.89. The number of hydrogen-bond acceptors (Lipinski definition) is 6. The molecule has 1 atom stereocenters. The van der Waals surface area contributed by atoms with Crippen LogP contribution in [-0.2, 0) is 14.8 Å². The summed E-state index contributed by atoms with van der Waals surface area (Å²) in [4.78, 5) is 13.2. The molecule has 1 amide bonds. The molecule has 0 radical (unpaired) electrons. The van der Waals surface area contributed by atoms with E-state index in [1.807, 2.05) is 0 Å². The van der Waals surface area contributed by atoms with Crippen molar-refractivity contribution in [1.82, 2.24) is 14.7 Å². The van der Waals surface area contributed by atoms with Gasteiger partial charge in [-0.2, -0.15) is 4.31 Å². The minimum absolute atomic E-state index is 0.0413. The van der Waals surface area contributed by atoms with Crippen LogP contribution in [0.5, 0.6) is 11.5 Å². The maximum Gasteiger partial charge on any atom is 0.263 e. The molecular weight excluding hydrogens is 468 g/mol. The zero-order chi connectivity index (χ0) is 23.5. The first kappa shape index (κ1) is 24.1. The van der Waals surface area contributed by atoms with Crippen LogP contribution in [0.15, 0.2) is 53.9 Å². The molecule has 2 aromatic rings. The molecule has 2 aromatic carbocycles. The molecule has 1 heterocycles. The van der Waals surface area contributed by atoms with Crippen molar-refractivity contribution < 1.29 is 31.9 Å². The van der Waals surface area contributed by atoms with Crippen molar-refractivity contribution in [1.29, 1.82) is 0 Å². The molecular formula is C20H20ClF2N3O5S. The molecule has 0 aliphatic carbocycles. The van der Waals surface area contributed by atoms with E-state index in [-0.39, 0.29) is 25.4 Å². The van der Waals surface area contributed by atoms with Gasteiger partial charge in [-0.1, -0.05) is 17.7 Å². The fourth-order valence-electron chi connectivity index (χ4n) is 3.29. The van der Waals surface area contributed by atoms with Gasteiger partial charge in [0.15, 0.2) is 17.4 Å². The van der Waals surface area contributed by atoms with Crippen LogP contribution in [-0.4, -0.2) is 61.0 Å². The molecule has 8 nitrogen and oxygen atoms in total. The summed E-state index contributed by atoms with van der Waals surface area (Å²) in [5.74, 6) is -4.14. The first-order chi connectivity index (χ1) is 15.2. The average molecular weight is 488 g/mol. The lowest BCUT2D eigenvalue weighted by atomic mass is 10.2. The van der Waals surface area contributed by atoms with E-state index in [0.717, 1.165) is 4.31 Å². The number of halogens is 3. The Labute approximate surface area is 188 Å². The summed E-state index contributed by atoms with van der Waals surface area (Å²) in [5.41, 5.74) is 1.44. The fraction of sp³-hybridized carbons (Fsp3) is 0.250. The van der Waals surface area contributed by atoms with Crippen molar-refractivity contribution in [2.75, 3.05) is 26.2 Å². The quantitative estimate of drug-likeness (QED) is 0.354. The van der Waals surface area contributed by atoms with Gasteiger partial charge in [0.1, 0.15) is 11.8 Å². The molecule has 0 spiro atoms. The summed E-state index contributed by atoms with van der Waals surface area (Å²) in [6.07, 6.45) is 1.59. The number of amides is 1. The number of sulfonamides is 1. The maximum absolute atomic E-state index is 14.6. The molecule has 1 saturated heterocycles. The van der Waals surface area contributed by atoms with Crippen molar-refractivity contribution >= 4 is 27.5 Å². The number of benzene rings is 2. The topological polar surface area (TPSA) is 99.2 Å². The summed E-state index contributed by atoms with van der Waals surface area (Å²) in [6, 6.07) is 5.64. The van der Waals surface area contributed by atoms with Crippen molar-refractivity contribution in [2.45, 2.75) is 10.9 Å². The van der Waals surface area contributed by atoms with Gasteiger partial charge in [-0.15, -0.1) is 6.58 Å². The van der Waals surface area contributed by atoms with Gasteiger partial charge in [-0.05, 0) is 36.4 Å². The SMILES string of the molecule is C=CCN1CCN(S(=O)(=O)c2cc(F)c(Oc3ccc(Cl)cc3)c(F)c2)[C@H](C(=O)NO)C1. The number of hydroxylamine groups is 1. The predicted octanol–water partition coefficient (Wildman–Crippen LogP) is 2.78. The van der Waals surface area contributed by atoms with E-state index < -0.39 is 44.3 Å². The third-order valence-corrected chi connectivity index (χ3v) is 6.97. The number of ether oxygens (including phenoxy) is 1. The van der Waals surface area contributed by atoms with Gasteiger partial charge >= 0.3 is 0 Å². The van der Waals surface area contributed by atoms with E-state index in [2.05, 4.69) is 6.58 Å². The summed E-state index contributed by atoms with van der Waals surface area (Å²) in [7, 11) is -4.49. The zero-order valence-corrected chi connectivity index (χ0v) is 18.2. The molecule has 3 rings (SSSR count). The third kappa shape index (κ3) is 5.08. The number of piperazine rings is 1. The third-order valence-electron chi connectivity index (χ3n) is 4.83. The number of rotatable bonds is 7. The van der Waals surface area contributed by atoms with Gasteiger partial charge < -0.3 is 4.74 Å². The lowest BCUT2D eigenvalue weighted by Crippen LogP contribution is -2.60. The van der Waals surface area contributed by atoms with E-state index in [1.165, 1.54) is 29.7 Å². The number of hydrogen-bond donors (Lipinski definition) is 2. The molecule has 1 fully saturated rings. The van der Waals surface area contributed by atoms with Gasteiger partial charge in [-0.3, -0.25) is 14.9 Å². The van der Waals surface area contributed by atoms with Crippen LogP contribution in [0.25, 0.3) is 0 Å². The Balaban J connectivity index is 1.92. The lowest BCUT2D eigenvalue weighted by molar-refractivity contribution is -0.134. The van der Waals surface area contributed by atoms with Gasteiger partial charge in [0, 0.05) is 31.2 Å². The van der Waals surface area contributed by atoms with Gasteiger partial charge in [0.05, 0.1) is 4.90 Å². The van der Waals surface area contributed by atoms with Crippen molar-refractivity contribution in [2.24, 2.45) is 0 Å². The van der Waals surface area contributed by atoms with Crippen LogP contribution < -0.4 is 10.2 Å². The Morgan fingerprint density at radius 1 is 1.25 bits per heavy atom. The molecule has 2 N–H and O–H groups in total. The van der Waals surface area contributed by atoms with Crippen LogP contribution in [0, 0.1) is 11.6 Å². The Morgan fingerprint density at radius 3 is 2.44 bits per heavy atom. The second-order valence-corrected chi connectivity index (χ2v) is 9.25. The summed E-state index contributed by atoms with van der Waals surface area (Å²) in [5, 5.41) is 9.43. The first-order valence-corrected chi connectivity index (χ1v) is 11.2. The minimum Gasteiger partial charge on any atom is -0.451 e. The number of carbonyl (C=O) groups is 1. The normalized spacial score (nSPS) is 17.7. The Morgan fingerprint density at radius 2 is 1.88 bits per heavy atom. The highest BCUT2D eigenvalue weighted by Gasteiger charge is 2.40. The minimum atomic E-state index is -4.49. The molecule has 1 aliphatic heterocycles. The van der Waals surface area contributed by atoms with E-state index in [4.69, 9.17) is 21.5 Å². The molecule has 1 aliphatic rings. The van der Waals surface area contributed by atoms with Crippen LogP contribution >= 0.6 is 11.6 Å². The van der Waals surface area contributed by atoms with Crippen molar-refractivity contribution in [3.05, 3.63) is 65.7 Å². The summed E-state index contributed by atoms with van der Waals surface area (Å²) in [6.45, 7) is 4.06. The number of nitrogens with zero attached hydrogens (tertiary/aromatic N) is 2. The highest BCUT2D eigenvalue weighted by atomic mass is 35.5. The second kappa shape index (κ2) is 9.92. The van der Waals surface area contributed by atoms with Crippen molar-refractivity contribution in [3.63, 3.8) is 0 Å². The molecule has 172 valence electrons. The van der Waals surface area contributed by atoms with Crippen LogP contribution in [0.4, 0.5) is 8.78 Å². The molecule has 32 heavy (non-hydrogen) atoms. The Bertz CT molecular complexity index is 1090. The molecule has 12 heteroatoms. The van der Waals surface area contributed by atoms with E-state index in [0.29, 0.717) is 23.7 Å². The lowest BCUT2D eigenvalue weighted by Gasteiger charge is -2.38. The van der Waals surface area contributed by atoms with Gasteiger partial charge in [0.2, 0.25) is 10.0 Å². The van der Waals surface area contributed by atoms with E-state index in [1.54, 1.807) is 11.0 Å². The van der Waals surface area contributed by atoms with E-state index in [9.17, 15) is 22.0 Å². The number of nitrogens with one attached hydrogen (secondary N) is 1. The standard InChI is InChI=1S/C20H20ClF2N3O5S/c1-2-7-25-8-9-26(18(12-25)20(27)24-28)32(29,30)15-10-16(22)19(17(23)11-15)31-14-5-3-13(21)4-6-14/h2-6,10-11,18,28H,1,7-9,12H2,(H,24,27)/t18-/m0/s1. The molecule has 0 aromatic heterocycles. The Hall–Kier alpha value is -2.57. The zero-order valence-electron chi connectivity index (χ0n) is 16.7. The second-order valence-electron chi connectivity index (χ2n) is 6.93. The van der Waals surface area contributed by atoms with Gasteiger partial charge in [0.25, 0.3) is 5.91 Å². The monoisotopic (exact) mass is 487 g/mol. The first-order valence-electron chi connectivity index (χ1n) is 9.39. The van der Waals surface area contributed by atoms with Gasteiger partial charge in [-0.25, -0.2) is 22.7 Å².